The van der Waals surface area contributed by atoms with E-state index in [2.05, 4.69) is 27.9 Å². The van der Waals surface area contributed by atoms with Gasteiger partial charge in [0.05, 0.1) is 16.9 Å². The lowest BCUT2D eigenvalue weighted by molar-refractivity contribution is 0.109. The first-order valence-electron chi connectivity index (χ1n) is 5.36. The van der Waals surface area contributed by atoms with Gasteiger partial charge < -0.3 is 11.1 Å². The van der Waals surface area contributed by atoms with Gasteiger partial charge in [0.1, 0.15) is 11.6 Å². The second-order valence-electron chi connectivity index (χ2n) is 3.84. The van der Waals surface area contributed by atoms with Gasteiger partial charge in [-0.25, -0.2) is 9.97 Å². The molecule has 0 unspecified atom stereocenters. The number of aryl methyl sites for hydroxylation is 1. The summed E-state index contributed by atoms with van der Waals surface area (Å²) in [5.41, 5.74) is 7.19. The molecule has 1 heterocycles. The maximum absolute atomic E-state index is 11.4. The van der Waals surface area contributed by atoms with Gasteiger partial charge in [0.2, 0.25) is 5.12 Å². The summed E-state index contributed by atoms with van der Waals surface area (Å²) in [6, 6.07) is 5.01. The summed E-state index contributed by atoms with van der Waals surface area (Å²) in [5, 5.41) is 3.10. The molecule has 0 aliphatic rings. The van der Waals surface area contributed by atoms with Crippen LogP contribution in [0.5, 0.6) is 0 Å². The van der Waals surface area contributed by atoms with Crippen molar-refractivity contribution in [3.63, 3.8) is 0 Å². The Morgan fingerprint density at radius 1 is 1.47 bits per heavy atom. The molecular weight excluding hydrogens is 284 g/mol. The zero-order valence-corrected chi connectivity index (χ0v) is 11.7. The summed E-state index contributed by atoms with van der Waals surface area (Å²) in [5.74, 6) is 0.898. The third kappa shape index (κ3) is 3.15. The molecule has 0 radical (unpaired) electrons. The van der Waals surface area contributed by atoms with Crippen LogP contribution in [0.25, 0.3) is 0 Å². The Balaban J connectivity index is 2.42. The van der Waals surface area contributed by atoms with Gasteiger partial charge in [-0.2, -0.15) is 0 Å². The molecule has 0 aliphatic heterocycles. The maximum atomic E-state index is 11.4. The highest BCUT2D eigenvalue weighted by atomic mass is 35.5. The average Bonchev–Trinajstić information content (AvgIpc) is 2.32. The number of nitrogens with two attached hydrogens (primary N) is 1. The molecule has 0 fully saturated rings. The number of benzene rings is 1. The molecule has 0 atom stereocenters. The van der Waals surface area contributed by atoms with Crippen LogP contribution in [-0.2, 0) is 0 Å². The van der Waals surface area contributed by atoms with Crippen LogP contribution in [0, 0.1) is 6.92 Å². The minimum absolute atomic E-state index is 0.281. The number of halogens is 1. The molecule has 19 heavy (non-hydrogen) atoms. The minimum atomic E-state index is -0.421. The zero-order valence-electron chi connectivity index (χ0n) is 10.0. The first kappa shape index (κ1) is 13.6. The highest BCUT2D eigenvalue weighted by Gasteiger charge is 2.12. The van der Waals surface area contributed by atoms with Gasteiger partial charge in [-0.05, 0) is 25.1 Å². The fraction of sp³-hybridized carbons (Fsp3) is 0.0833. The van der Waals surface area contributed by atoms with Crippen molar-refractivity contribution >= 4 is 46.5 Å². The van der Waals surface area contributed by atoms with E-state index in [4.69, 9.17) is 17.3 Å². The van der Waals surface area contributed by atoms with Crippen LogP contribution >= 0.6 is 24.2 Å². The number of carbonyl (C=O) groups excluding carboxylic acids is 1. The summed E-state index contributed by atoms with van der Waals surface area (Å²) in [7, 11) is 0. The van der Waals surface area contributed by atoms with E-state index >= 15 is 0 Å². The number of rotatable bonds is 3. The Morgan fingerprint density at radius 2 is 2.21 bits per heavy atom. The van der Waals surface area contributed by atoms with Crippen molar-refractivity contribution in [2.24, 2.45) is 0 Å². The predicted octanol–water partition coefficient (Wildman–Crippen LogP) is 2.83. The fourth-order valence-electron chi connectivity index (χ4n) is 1.50. The van der Waals surface area contributed by atoms with Gasteiger partial charge in [-0.15, -0.1) is 12.6 Å². The Kier molecular flexibility index (Phi) is 3.92. The van der Waals surface area contributed by atoms with Crippen molar-refractivity contribution in [3.05, 3.63) is 40.8 Å². The summed E-state index contributed by atoms with van der Waals surface area (Å²) in [4.78, 5) is 19.5. The predicted molar refractivity (Wildman–Crippen MR) is 79.2 cm³/mol. The van der Waals surface area contributed by atoms with E-state index in [1.165, 1.54) is 6.20 Å². The molecule has 5 nitrogen and oxygen atoms in total. The number of carbonyl (C=O) groups is 1. The number of anilines is 3. The van der Waals surface area contributed by atoms with Crippen LogP contribution in [0.1, 0.15) is 16.2 Å². The number of thiol groups is 1. The molecule has 0 saturated carbocycles. The molecule has 3 N–H and O–H groups in total. The fourth-order valence-corrected chi connectivity index (χ4v) is 1.84. The Morgan fingerprint density at radius 3 is 2.84 bits per heavy atom. The van der Waals surface area contributed by atoms with E-state index in [1.54, 1.807) is 25.1 Å². The second-order valence-corrected chi connectivity index (χ2v) is 4.68. The topological polar surface area (TPSA) is 80.9 Å². The lowest BCUT2D eigenvalue weighted by Gasteiger charge is -2.11. The van der Waals surface area contributed by atoms with Gasteiger partial charge in [0, 0.05) is 11.2 Å². The van der Waals surface area contributed by atoms with Crippen molar-refractivity contribution < 1.29 is 4.79 Å². The highest BCUT2D eigenvalue weighted by Crippen LogP contribution is 2.27. The van der Waals surface area contributed by atoms with Crippen LogP contribution in [0.2, 0.25) is 5.02 Å². The van der Waals surface area contributed by atoms with E-state index in [0.717, 1.165) is 0 Å². The van der Waals surface area contributed by atoms with Crippen LogP contribution in [0.3, 0.4) is 0 Å². The number of hydrogen-bond acceptors (Lipinski definition) is 5. The van der Waals surface area contributed by atoms with E-state index < -0.39 is 5.12 Å². The maximum Gasteiger partial charge on any atom is 0.221 e. The standard InChI is InChI=1S/C12H11ClN4OS/c1-6-15-5-8(12(18)19)11(16-6)17-10-3-2-7(13)4-9(10)14/h2-5H,14H2,1H3,(H,18,19)(H,15,16,17). The molecule has 0 spiro atoms. The van der Waals surface area contributed by atoms with Crippen LogP contribution < -0.4 is 11.1 Å². The lowest BCUT2D eigenvalue weighted by Crippen LogP contribution is -2.05. The molecule has 7 heteroatoms. The number of nitrogens with one attached hydrogen (secondary N) is 1. The molecule has 0 aliphatic carbocycles. The summed E-state index contributed by atoms with van der Waals surface area (Å²) in [6.07, 6.45) is 1.42. The first-order valence-corrected chi connectivity index (χ1v) is 6.19. The highest BCUT2D eigenvalue weighted by molar-refractivity contribution is 7.97. The van der Waals surface area contributed by atoms with Crippen molar-refractivity contribution in [3.8, 4) is 0 Å². The SMILES string of the molecule is Cc1ncc(C(=O)S)c(Nc2ccc(Cl)cc2N)n1. The number of hydrogen-bond donors (Lipinski definition) is 3. The quantitative estimate of drug-likeness (QED) is 0.599. The molecule has 1 aromatic heterocycles. The van der Waals surface area contributed by atoms with E-state index in [-0.39, 0.29) is 5.56 Å². The van der Waals surface area contributed by atoms with Crippen LogP contribution in [0.4, 0.5) is 17.2 Å². The monoisotopic (exact) mass is 294 g/mol. The summed E-state index contributed by atoms with van der Waals surface area (Å²) in [6.45, 7) is 1.73. The van der Waals surface area contributed by atoms with Crippen molar-refractivity contribution in [1.82, 2.24) is 9.97 Å². The minimum Gasteiger partial charge on any atom is -0.397 e. The normalized spacial score (nSPS) is 10.3. The number of aromatic nitrogens is 2. The third-order valence-electron chi connectivity index (χ3n) is 2.41. The van der Waals surface area contributed by atoms with Crippen molar-refractivity contribution in [2.75, 3.05) is 11.1 Å². The molecular formula is C12H11ClN4OS. The molecule has 0 saturated heterocycles. The Labute approximate surface area is 120 Å². The molecule has 98 valence electrons. The van der Waals surface area contributed by atoms with Gasteiger partial charge in [0.15, 0.2) is 0 Å². The van der Waals surface area contributed by atoms with E-state index in [9.17, 15) is 4.79 Å². The van der Waals surface area contributed by atoms with Gasteiger partial charge >= 0.3 is 0 Å². The summed E-state index contributed by atoms with van der Waals surface area (Å²) < 4.78 is 0. The molecule has 2 aromatic rings. The average molecular weight is 295 g/mol. The first-order chi connectivity index (χ1) is 8.97. The van der Waals surface area contributed by atoms with Gasteiger partial charge in [0.25, 0.3) is 0 Å². The van der Waals surface area contributed by atoms with Crippen molar-refractivity contribution in [1.29, 1.82) is 0 Å². The lowest BCUT2D eigenvalue weighted by atomic mass is 10.2. The molecule has 0 bridgehead atoms. The molecule has 1 aromatic carbocycles. The largest absolute Gasteiger partial charge is 0.397 e. The van der Waals surface area contributed by atoms with E-state index in [0.29, 0.717) is 28.0 Å². The second kappa shape index (κ2) is 5.46. The van der Waals surface area contributed by atoms with Gasteiger partial charge in [-0.3, -0.25) is 4.79 Å². The Hall–Kier alpha value is -1.79. The zero-order chi connectivity index (χ0) is 14.0. The number of nitrogen functional groups attached to an aromatic ring is 1. The van der Waals surface area contributed by atoms with Crippen molar-refractivity contribution in [2.45, 2.75) is 6.92 Å². The van der Waals surface area contributed by atoms with Crippen LogP contribution in [-0.4, -0.2) is 15.1 Å². The van der Waals surface area contributed by atoms with Crippen LogP contribution in [0.15, 0.2) is 24.4 Å². The van der Waals surface area contributed by atoms with E-state index in [1.807, 2.05) is 0 Å². The molecule has 0 amide bonds. The number of nitrogens with zero attached hydrogens (tertiary/aromatic N) is 2. The van der Waals surface area contributed by atoms with Gasteiger partial charge in [-0.1, -0.05) is 11.6 Å². The molecule has 2 rings (SSSR count). The Bertz CT molecular complexity index is 648. The summed E-state index contributed by atoms with van der Waals surface area (Å²) >= 11 is 9.62. The third-order valence-corrected chi connectivity index (χ3v) is 2.88. The smallest absolute Gasteiger partial charge is 0.221 e.